The van der Waals surface area contributed by atoms with Gasteiger partial charge in [-0.05, 0) is 90.3 Å². The molecule has 0 aliphatic carbocycles. The number of phenolic OH excluding ortho intramolecular Hbond substituents is 4. The highest BCUT2D eigenvalue weighted by Gasteiger charge is 2.20. The normalized spacial score (nSPS) is 12.0. The average molecular weight is 442 g/mol. The molecule has 0 spiro atoms. The van der Waals surface area contributed by atoms with Crippen LogP contribution in [-0.4, -0.2) is 20.4 Å². The lowest BCUT2D eigenvalue weighted by atomic mass is 9.89. The highest BCUT2D eigenvalue weighted by molar-refractivity contribution is 6.31. The van der Waals surface area contributed by atoms with Crippen molar-refractivity contribution in [2.24, 2.45) is 0 Å². The van der Waals surface area contributed by atoms with Gasteiger partial charge in [0.1, 0.15) is 0 Å². The van der Waals surface area contributed by atoms with Gasteiger partial charge in [-0.25, -0.2) is 0 Å². The van der Waals surface area contributed by atoms with E-state index < -0.39 is 23.0 Å². The van der Waals surface area contributed by atoms with Crippen molar-refractivity contribution in [3.8, 4) is 23.0 Å². The van der Waals surface area contributed by atoms with Gasteiger partial charge in [0, 0.05) is 10.8 Å². The van der Waals surface area contributed by atoms with Crippen LogP contribution < -0.4 is 0 Å². The van der Waals surface area contributed by atoms with Gasteiger partial charge in [-0.15, -0.1) is 0 Å². The van der Waals surface area contributed by atoms with Crippen LogP contribution in [-0.2, 0) is 0 Å². The summed E-state index contributed by atoms with van der Waals surface area (Å²) in [5, 5.41) is 52.4. The lowest BCUT2D eigenvalue weighted by Crippen LogP contribution is -1.87. The molecule has 0 aliphatic heterocycles. The Hall–Kier alpha value is -4.70. The smallest absolute Gasteiger partial charge is 0.204 e. The molecule has 0 saturated heterocycles. The summed E-state index contributed by atoms with van der Waals surface area (Å²) in [6.07, 6.45) is 0. The molecule has 162 valence electrons. The predicted octanol–water partition coefficient (Wildman–Crippen LogP) is 7.43. The SMILES string of the molecule is Oc1c(O)c(O)c2cc3c4cc5ccccc5cc4c4cc5ccccc5cc4c3cc2c1O. The Morgan fingerprint density at radius 2 is 0.559 bits per heavy atom. The molecule has 0 amide bonds. The molecule has 0 atom stereocenters. The molecular weight excluding hydrogens is 424 g/mol. The molecule has 0 aromatic heterocycles. The number of hydrogen-bond acceptors (Lipinski definition) is 4. The summed E-state index contributed by atoms with van der Waals surface area (Å²) in [6.45, 7) is 0. The minimum Gasteiger partial charge on any atom is -0.504 e. The maximum absolute atomic E-state index is 10.6. The van der Waals surface area contributed by atoms with Gasteiger partial charge in [-0.3, -0.25) is 0 Å². The second-order valence-corrected chi connectivity index (χ2v) is 8.83. The van der Waals surface area contributed by atoms with E-state index in [0.717, 1.165) is 53.9 Å². The van der Waals surface area contributed by atoms with E-state index in [1.807, 2.05) is 24.3 Å². The van der Waals surface area contributed by atoms with Crippen molar-refractivity contribution in [1.82, 2.24) is 0 Å². The summed E-state index contributed by atoms with van der Waals surface area (Å²) in [4.78, 5) is 0. The van der Waals surface area contributed by atoms with Crippen LogP contribution in [0.1, 0.15) is 0 Å². The Bertz CT molecular complexity index is 1860. The molecule has 7 rings (SSSR count). The summed E-state index contributed by atoms with van der Waals surface area (Å²) in [6, 6.07) is 28.6. The van der Waals surface area contributed by atoms with Gasteiger partial charge in [-0.1, -0.05) is 48.5 Å². The lowest BCUT2D eigenvalue weighted by Gasteiger charge is -2.15. The van der Waals surface area contributed by atoms with Gasteiger partial charge < -0.3 is 20.4 Å². The van der Waals surface area contributed by atoms with Gasteiger partial charge in [0.2, 0.25) is 11.5 Å². The van der Waals surface area contributed by atoms with Crippen molar-refractivity contribution >= 4 is 64.6 Å². The molecule has 34 heavy (non-hydrogen) atoms. The largest absolute Gasteiger partial charge is 0.504 e. The van der Waals surface area contributed by atoms with Crippen LogP contribution in [0.5, 0.6) is 23.0 Å². The molecule has 4 heteroatoms. The third kappa shape index (κ3) is 2.37. The van der Waals surface area contributed by atoms with E-state index >= 15 is 0 Å². The van der Waals surface area contributed by atoms with E-state index in [0.29, 0.717) is 0 Å². The Morgan fingerprint density at radius 1 is 0.294 bits per heavy atom. The van der Waals surface area contributed by atoms with E-state index in [4.69, 9.17) is 0 Å². The molecule has 0 saturated carbocycles. The second-order valence-electron chi connectivity index (χ2n) is 8.83. The molecule has 4 N–H and O–H groups in total. The first kappa shape index (κ1) is 18.8. The quantitative estimate of drug-likeness (QED) is 0.0852. The van der Waals surface area contributed by atoms with E-state index in [2.05, 4.69) is 48.5 Å². The van der Waals surface area contributed by atoms with Crippen LogP contribution in [0.15, 0.2) is 84.9 Å². The zero-order chi connectivity index (χ0) is 23.1. The first-order chi connectivity index (χ1) is 16.5. The standard InChI is InChI=1S/C30H18O4/c31-27-25-13-23-21-11-17-7-3-1-5-15(17)9-19(21)20-10-16-6-2-4-8-18(16)12-22(20)24(23)14-26(25)28(32)30(34)29(27)33/h1-14,31-34H. The van der Waals surface area contributed by atoms with Crippen LogP contribution >= 0.6 is 0 Å². The number of benzene rings is 7. The van der Waals surface area contributed by atoms with Crippen LogP contribution in [0.4, 0.5) is 0 Å². The minimum absolute atomic E-state index is 0.273. The van der Waals surface area contributed by atoms with Crippen molar-refractivity contribution in [2.75, 3.05) is 0 Å². The van der Waals surface area contributed by atoms with Gasteiger partial charge in [0.05, 0.1) is 0 Å². The summed E-state index contributed by atoms with van der Waals surface area (Å²) in [7, 11) is 0. The maximum atomic E-state index is 10.6. The first-order valence-corrected chi connectivity index (χ1v) is 11.0. The fourth-order valence-electron chi connectivity index (χ4n) is 5.29. The topological polar surface area (TPSA) is 80.9 Å². The molecule has 0 fully saturated rings. The van der Waals surface area contributed by atoms with Crippen LogP contribution in [0, 0.1) is 0 Å². The van der Waals surface area contributed by atoms with E-state index in [9.17, 15) is 20.4 Å². The molecule has 4 nitrogen and oxygen atoms in total. The Morgan fingerprint density at radius 3 is 0.853 bits per heavy atom. The fraction of sp³-hybridized carbons (Fsp3) is 0. The third-order valence-corrected chi connectivity index (χ3v) is 6.98. The molecular formula is C30H18O4. The van der Waals surface area contributed by atoms with Gasteiger partial charge in [0.15, 0.2) is 11.5 Å². The summed E-state index contributed by atoms with van der Waals surface area (Å²) in [5.41, 5.74) is 0. The van der Waals surface area contributed by atoms with Crippen molar-refractivity contribution in [1.29, 1.82) is 0 Å². The number of aromatic hydroxyl groups is 4. The second kappa shape index (κ2) is 6.42. The lowest BCUT2D eigenvalue weighted by molar-refractivity contribution is 0.351. The number of fused-ring (bicyclic) bond motifs is 9. The number of phenols is 4. The Kier molecular flexibility index (Phi) is 3.56. The number of rotatable bonds is 0. The highest BCUT2D eigenvalue weighted by Crippen LogP contribution is 2.51. The van der Waals surface area contributed by atoms with Crippen molar-refractivity contribution in [3.05, 3.63) is 84.9 Å². The first-order valence-electron chi connectivity index (χ1n) is 11.0. The molecule has 0 unspecified atom stereocenters. The molecule has 0 aliphatic rings. The van der Waals surface area contributed by atoms with Gasteiger partial charge in [0.25, 0.3) is 0 Å². The maximum Gasteiger partial charge on any atom is 0.204 e. The summed E-state index contributed by atoms with van der Waals surface area (Å²) in [5.74, 6) is -2.38. The van der Waals surface area contributed by atoms with Gasteiger partial charge in [-0.2, -0.15) is 0 Å². The zero-order valence-electron chi connectivity index (χ0n) is 17.9. The van der Waals surface area contributed by atoms with Gasteiger partial charge >= 0.3 is 0 Å². The fourth-order valence-corrected chi connectivity index (χ4v) is 5.29. The van der Waals surface area contributed by atoms with E-state index in [1.54, 1.807) is 12.1 Å². The van der Waals surface area contributed by atoms with Crippen molar-refractivity contribution < 1.29 is 20.4 Å². The molecule has 7 aromatic rings. The van der Waals surface area contributed by atoms with Crippen molar-refractivity contribution in [2.45, 2.75) is 0 Å². The monoisotopic (exact) mass is 442 g/mol. The molecule has 0 bridgehead atoms. The minimum atomic E-state index is -0.731. The van der Waals surface area contributed by atoms with Crippen LogP contribution in [0.2, 0.25) is 0 Å². The highest BCUT2D eigenvalue weighted by atomic mass is 16.3. The molecule has 0 heterocycles. The summed E-state index contributed by atoms with van der Waals surface area (Å²) < 4.78 is 0. The van der Waals surface area contributed by atoms with Crippen molar-refractivity contribution in [3.63, 3.8) is 0 Å². The molecule has 7 aromatic carbocycles. The molecule has 0 radical (unpaired) electrons. The van der Waals surface area contributed by atoms with Crippen LogP contribution in [0.25, 0.3) is 64.6 Å². The summed E-state index contributed by atoms with van der Waals surface area (Å²) >= 11 is 0. The predicted molar refractivity (Wildman–Crippen MR) is 138 cm³/mol. The Balaban J connectivity index is 1.82. The zero-order valence-corrected chi connectivity index (χ0v) is 17.9. The number of hydrogen-bond donors (Lipinski definition) is 4. The third-order valence-electron chi connectivity index (χ3n) is 6.98. The van der Waals surface area contributed by atoms with E-state index in [1.165, 1.54) is 0 Å². The van der Waals surface area contributed by atoms with E-state index in [-0.39, 0.29) is 10.8 Å². The average Bonchev–Trinajstić information content (AvgIpc) is 2.88. The van der Waals surface area contributed by atoms with Crippen LogP contribution in [0.3, 0.4) is 0 Å². The Labute approximate surface area is 193 Å².